The molecule has 0 unspecified atom stereocenters. The topological polar surface area (TPSA) is 0 Å². The van der Waals surface area contributed by atoms with Gasteiger partial charge in [0.2, 0.25) is 0 Å². The van der Waals surface area contributed by atoms with E-state index in [1.165, 1.54) is 55.3 Å². The summed E-state index contributed by atoms with van der Waals surface area (Å²) < 4.78 is 0. The van der Waals surface area contributed by atoms with Crippen LogP contribution in [0.25, 0.3) is 44.2 Å². The molecule has 0 spiro atoms. The van der Waals surface area contributed by atoms with Gasteiger partial charge < -0.3 is 0 Å². The van der Waals surface area contributed by atoms with Gasteiger partial charge in [-0.25, -0.2) is 0 Å². The first-order chi connectivity index (χ1) is 16.3. The highest BCUT2D eigenvalue weighted by Crippen LogP contribution is 2.56. The Kier molecular flexibility index (Phi) is 4.69. The summed E-state index contributed by atoms with van der Waals surface area (Å²) in [6.07, 6.45) is 2.21. The average molecular weight is 425 g/mol. The first-order valence-corrected chi connectivity index (χ1v) is 12.1. The van der Waals surface area contributed by atoms with Gasteiger partial charge in [-0.05, 0) is 74.2 Å². The summed E-state index contributed by atoms with van der Waals surface area (Å²) in [7, 11) is 0. The zero-order valence-electron chi connectivity index (χ0n) is 19.3. The van der Waals surface area contributed by atoms with E-state index in [-0.39, 0.29) is 5.41 Å². The summed E-state index contributed by atoms with van der Waals surface area (Å²) >= 11 is 0. The molecule has 0 saturated heterocycles. The molecule has 0 aliphatic heterocycles. The normalized spacial score (nSPS) is 13.6. The lowest BCUT2D eigenvalue weighted by molar-refractivity contribution is 0.491. The van der Waals surface area contributed by atoms with Crippen molar-refractivity contribution < 1.29 is 0 Å². The number of hydrogen-bond acceptors (Lipinski definition) is 0. The second-order valence-electron chi connectivity index (χ2n) is 9.14. The Morgan fingerprint density at radius 1 is 0.485 bits per heavy atom. The van der Waals surface area contributed by atoms with Crippen LogP contribution in [0.15, 0.2) is 109 Å². The van der Waals surface area contributed by atoms with Gasteiger partial charge in [-0.1, -0.05) is 117 Å². The Morgan fingerprint density at radius 3 is 1.79 bits per heavy atom. The van der Waals surface area contributed by atoms with Crippen molar-refractivity contribution >= 4 is 10.8 Å². The minimum Gasteiger partial charge on any atom is -0.0642 e. The largest absolute Gasteiger partial charge is 0.0642 e. The molecule has 33 heavy (non-hydrogen) atoms. The maximum Gasteiger partial charge on any atom is 0.0210 e. The van der Waals surface area contributed by atoms with E-state index in [2.05, 4.69) is 123 Å². The van der Waals surface area contributed by atoms with Crippen LogP contribution in [0.2, 0.25) is 0 Å². The highest BCUT2D eigenvalue weighted by Gasteiger charge is 2.41. The Bertz CT molecular complexity index is 1470. The van der Waals surface area contributed by atoms with Gasteiger partial charge in [0.25, 0.3) is 0 Å². The highest BCUT2D eigenvalue weighted by atomic mass is 14.4. The maximum absolute atomic E-state index is 2.52. The summed E-state index contributed by atoms with van der Waals surface area (Å²) in [5.74, 6) is 0. The molecule has 0 aromatic heterocycles. The molecule has 0 fully saturated rings. The van der Waals surface area contributed by atoms with E-state index in [9.17, 15) is 0 Å². The molecule has 0 N–H and O–H groups in total. The van der Waals surface area contributed by atoms with Crippen LogP contribution in [0.5, 0.6) is 0 Å². The molecule has 0 heterocycles. The molecule has 0 nitrogen and oxygen atoms in total. The fourth-order valence-electron chi connectivity index (χ4n) is 6.13. The third-order valence-electron chi connectivity index (χ3n) is 7.78. The molecule has 160 valence electrons. The third-order valence-corrected chi connectivity index (χ3v) is 7.78. The van der Waals surface area contributed by atoms with Crippen molar-refractivity contribution in [2.45, 2.75) is 32.1 Å². The number of hydrogen-bond donors (Lipinski definition) is 0. The van der Waals surface area contributed by atoms with Crippen LogP contribution in [-0.2, 0) is 5.41 Å². The maximum atomic E-state index is 2.52. The summed E-state index contributed by atoms with van der Waals surface area (Å²) in [5, 5.41) is 2.70. The van der Waals surface area contributed by atoms with E-state index in [0.717, 1.165) is 12.8 Å². The Balaban J connectivity index is 1.73. The van der Waals surface area contributed by atoms with E-state index >= 15 is 0 Å². The molecule has 6 rings (SSSR count). The lowest BCUT2D eigenvalue weighted by Gasteiger charge is -2.30. The smallest absolute Gasteiger partial charge is 0.0210 e. The van der Waals surface area contributed by atoms with Crippen molar-refractivity contribution in [2.24, 2.45) is 0 Å². The molecule has 0 atom stereocenters. The van der Waals surface area contributed by atoms with Gasteiger partial charge in [0, 0.05) is 5.41 Å². The molecule has 5 aromatic rings. The molecular formula is C33H28. The second kappa shape index (κ2) is 7.74. The van der Waals surface area contributed by atoms with Gasteiger partial charge >= 0.3 is 0 Å². The molecule has 5 aromatic carbocycles. The van der Waals surface area contributed by atoms with Gasteiger partial charge in [-0.2, -0.15) is 0 Å². The van der Waals surface area contributed by atoms with E-state index in [1.54, 1.807) is 0 Å². The SMILES string of the molecule is CCC1(CC)c2ccccc2-c2c1cc(-c1ccccc1-c1ccccc1)c1ccccc21. The summed E-state index contributed by atoms with van der Waals surface area (Å²) in [6.45, 7) is 4.70. The second-order valence-corrected chi connectivity index (χ2v) is 9.14. The molecule has 0 amide bonds. The predicted octanol–water partition coefficient (Wildman–Crippen LogP) is 9.26. The quantitative estimate of drug-likeness (QED) is 0.270. The van der Waals surface area contributed by atoms with Crippen LogP contribution in [-0.4, -0.2) is 0 Å². The van der Waals surface area contributed by atoms with Crippen molar-refractivity contribution in [1.29, 1.82) is 0 Å². The van der Waals surface area contributed by atoms with Crippen molar-refractivity contribution in [2.75, 3.05) is 0 Å². The summed E-state index contributed by atoms with van der Waals surface area (Å²) in [6, 6.07) is 40.2. The zero-order chi connectivity index (χ0) is 22.4. The van der Waals surface area contributed by atoms with Gasteiger partial charge in [-0.3, -0.25) is 0 Å². The fourth-order valence-corrected chi connectivity index (χ4v) is 6.13. The van der Waals surface area contributed by atoms with Gasteiger partial charge in [0.1, 0.15) is 0 Å². The van der Waals surface area contributed by atoms with E-state index in [4.69, 9.17) is 0 Å². The summed E-state index contributed by atoms with van der Waals surface area (Å²) in [4.78, 5) is 0. The number of rotatable bonds is 4. The van der Waals surface area contributed by atoms with Crippen LogP contribution < -0.4 is 0 Å². The van der Waals surface area contributed by atoms with Crippen LogP contribution in [0.4, 0.5) is 0 Å². The van der Waals surface area contributed by atoms with Gasteiger partial charge in [0.15, 0.2) is 0 Å². The van der Waals surface area contributed by atoms with Crippen LogP contribution in [0.1, 0.15) is 37.8 Å². The lowest BCUT2D eigenvalue weighted by Crippen LogP contribution is -2.23. The average Bonchev–Trinajstić information content (AvgIpc) is 3.19. The van der Waals surface area contributed by atoms with Crippen molar-refractivity contribution in [1.82, 2.24) is 0 Å². The Morgan fingerprint density at radius 2 is 1.06 bits per heavy atom. The standard InChI is InChI=1S/C33H28/c1-3-33(4-2)30-21-13-12-20-28(30)32-27-19-11-10-18-26(27)29(22-31(32)33)25-17-9-8-16-24(25)23-14-6-5-7-15-23/h5-22H,3-4H2,1-2H3. The molecule has 0 bridgehead atoms. The molecular weight excluding hydrogens is 396 g/mol. The van der Waals surface area contributed by atoms with Crippen LogP contribution in [0, 0.1) is 0 Å². The Hall–Kier alpha value is -3.64. The zero-order valence-corrected chi connectivity index (χ0v) is 19.3. The van der Waals surface area contributed by atoms with E-state index in [1.807, 2.05) is 0 Å². The van der Waals surface area contributed by atoms with Crippen LogP contribution >= 0.6 is 0 Å². The first-order valence-electron chi connectivity index (χ1n) is 12.1. The minimum absolute atomic E-state index is 0.0619. The molecule has 1 aliphatic rings. The Labute approximate surface area is 196 Å². The lowest BCUT2D eigenvalue weighted by atomic mass is 9.73. The molecule has 1 aliphatic carbocycles. The van der Waals surface area contributed by atoms with E-state index in [0.29, 0.717) is 0 Å². The van der Waals surface area contributed by atoms with E-state index < -0.39 is 0 Å². The first kappa shape index (κ1) is 20.0. The van der Waals surface area contributed by atoms with Crippen molar-refractivity contribution in [3.63, 3.8) is 0 Å². The van der Waals surface area contributed by atoms with Crippen molar-refractivity contribution in [3.8, 4) is 33.4 Å². The molecule has 0 radical (unpaired) electrons. The number of fused-ring (bicyclic) bond motifs is 5. The third kappa shape index (κ3) is 2.84. The number of benzene rings is 5. The predicted molar refractivity (Wildman–Crippen MR) is 142 cm³/mol. The van der Waals surface area contributed by atoms with Crippen molar-refractivity contribution in [3.05, 3.63) is 120 Å². The highest BCUT2D eigenvalue weighted by molar-refractivity contribution is 6.10. The summed E-state index contributed by atoms with van der Waals surface area (Å²) in [5.41, 5.74) is 11.1. The van der Waals surface area contributed by atoms with Gasteiger partial charge in [0.05, 0.1) is 0 Å². The molecule has 0 heteroatoms. The molecule has 0 saturated carbocycles. The fraction of sp³-hybridized carbons (Fsp3) is 0.152. The minimum atomic E-state index is 0.0619. The monoisotopic (exact) mass is 424 g/mol. The van der Waals surface area contributed by atoms with Gasteiger partial charge in [-0.15, -0.1) is 0 Å². The van der Waals surface area contributed by atoms with Crippen LogP contribution in [0.3, 0.4) is 0 Å².